The van der Waals surface area contributed by atoms with E-state index in [1.54, 1.807) is 6.08 Å². The number of hydrogen-bond acceptors (Lipinski definition) is 2. The highest BCUT2D eigenvalue weighted by molar-refractivity contribution is 5.76. The van der Waals surface area contributed by atoms with Gasteiger partial charge in [0.15, 0.2) is 5.69 Å². The van der Waals surface area contributed by atoms with Crippen molar-refractivity contribution < 1.29 is 18.0 Å². The topological polar surface area (TPSA) is 46.9 Å². The van der Waals surface area contributed by atoms with Crippen molar-refractivity contribution in [1.29, 1.82) is 0 Å². The molecule has 7 heteroatoms. The number of nitrogens with zero attached hydrogens (tertiary/aromatic N) is 2. The van der Waals surface area contributed by atoms with Crippen LogP contribution in [-0.4, -0.2) is 21.7 Å². The van der Waals surface area contributed by atoms with Gasteiger partial charge in [0.2, 0.25) is 5.91 Å². The molecular weight excluding hydrogens is 319 g/mol. The monoisotopic (exact) mass is 339 g/mol. The number of carbonyl (C=O) groups is 1. The highest BCUT2D eigenvalue weighted by Crippen LogP contribution is 2.31. The minimum absolute atomic E-state index is 0.0311. The number of halogens is 3. The number of alkyl halides is 3. The number of hydrogen-bond donors (Lipinski definition) is 1. The van der Waals surface area contributed by atoms with Gasteiger partial charge in [0, 0.05) is 24.6 Å². The Kier molecular flexibility index (Phi) is 4.78. The molecule has 1 aromatic rings. The van der Waals surface area contributed by atoms with E-state index >= 15 is 0 Å². The van der Waals surface area contributed by atoms with Gasteiger partial charge in [-0.25, -0.2) is 4.68 Å². The Morgan fingerprint density at radius 3 is 2.83 bits per heavy atom. The molecule has 1 atom stereocenters. The number of aromatic nitrogens is 2. The largest absolute Gasteiger partial charge is 0.435 e. The first-order chi connectivity index (χ1) is 11.4. The third-order valence-electron chi connectivity index (χ3n) is 4.32. The maximum absolute atomic E-state index is 13.1. The predicted molar refractivity (Wildman–Crippen MR) is 84.0 cm³/mol. The van der Waals surface area contributed by atoms with Crippen LogP contribution < -0.4 is 5.32 Å². The average molecular weight is 339 g/mol. The molecular formula is C17H20F3N3O. The second-order valence-electron chi connectivity index (χ2n) is 6.25. The molecule has 0 bridgehead atoms. The van der Waals surface area contributed by atoms with Gasteiger partial charge in [0.05, 0.1) is 5.70 Å². The number of carbonyl (C=O) groups excluding carboxylic acids is 1. The Morgan fingerprint density at radius 1 is 1.29 bits per heavy atom. The normalized spacial score (nSPS) is 22.0. The molecule has 0 radical (unpaired) electrons. The van der Waals surface area contributed by atoms with Gasteiger partial charge in [-0.3, -0.25) is 4.79 Å². The summed E-state index contributed by atoms with van der Waals surface area (Å²) in [6.07, 6.45) is 6.12. The van der Waals surface area contributed by atoms with Crippen molar-refractivity contribution in [2.45, 2.75) is 57.2 Å². The summed E-state index contributed by atoms with van der Waals surface area (Å²) >= 11 is 0. The molecule has 1 saturated heterocycles. The molecule has 0 aromatic carbocycles. The molecule has 1 aliphatic heterocycles. The van der Waals surface area contributed by atoms with Crippen LogP contribution in [0, 0.1) is 0 Å². The summed E-state index contributed by atoms with van der Waals surface area (Å²) in [5.74, 6) is -0.0311. The molecule has 0 spiro atoms. The Balaban J connectivity index is 1.90. The predicted octanol–water partition coefficient (Wildman–Crippen LogP) is 3.69. The number of rotatable bonds is 3. The zero-order valence-corrected chi connectivity index (χ0v) is 13.3. The Morgan fingerprint density at radius 2 is 2.12 bits per heavy atom. The van der Waals surface area contributed by atoms with Crippen molar-refractivity contribution in [1.82, 2.24) is 15.1 Å². The second kappa shape index (κ2) is 6.83. The first kappa shape index (κ1) is 16.8. The third kappa shape index (κ3) is 3.88. The van der Waals surface area contributed by atoms with Crippen LogP contribution in [0.2, 0.25) is 0 Å². The van der Waals surface area contributed by atoms with Gasteiger partial charge in [-0.2, -0.15) is 18.3 Å². The SMILES string of the molecule is O=C1CCCCC(Cc2cc(C(F)(F)F)nn2C2=CCCC=C2)N1. The zero-order chi connectivity index (χ0) is 17.2. The van der Waals surface area contributed by atoms with Crippen LogP contribution in [0.3, 0.4) is 0 Å². The maximum atomic E-state index is 13.1. The lowest BCUT2D eigenvalue weighted by Gasteiger charge is -2.17. The molecule has 3 rings (SSSR count). The molecule has 1 N–H and O–H groups in total. The van der Waals surface area contributed by atoms with Crippen molar-refractivity contribution in [3.8, 4) is 0 Å². The summed E-state index contributed by atoms with van der Waals surface area (Å²) in [4.78, 5) is 11.7. The summed E-state index contributed by atoms with van der Waals surface area (Å²) in [5.41, 5.74) is 0.247. The van der Waals surface area contributed by atoms with Gasteiger partial charge < -0.3 is 5.32 Å². The molecule has 24 heavy (non-hydrogen) atoms. The van der Waals surface area contributed by atoms with E-state index in [2.05, 4.69) is 10.4 Å². The van der Waals surface area contributed by atoms with Gasteiger partial charge in [-0.05, 0) is 37.8 Å². The number of nitrogens with one attached hydrogen (secondary N) is 1. The standard InChI is InChI=1S/C17H20F3N3O/c18-17(19,20)15-11-14(10-12-6-4-5-9-16(24)21-12)23(22-15)13-7-2-1-3-8-13/h2,7-8,11-12H,1,3-6,9-10H2,(H,21,24). The minimum atomic E-state index is -4.48. The van der Waals surface area contributed by atoms with E-state index in [1.165, 1.54) is 4.68 Å². The van der Waals surface area contributed by atoms with E-state index in [1.807, 2.05) is 12.2 Å². The minimum Gasteiger partial charge on any atom is -0.353 e. The number of amides is 1. The van der Waals surface area contributed by atoms with Gasteiger partial charge in [0.25, 0.3) is 0 Å². The van der Waals surface area contributed by atoms with E-state index in [-0.39, 0.29) is 11.9 Å². The van der Waals surface area contributed by atoms with Gasteiger partial charge >= 0.3 is 6.18 Å². The lowest BCUT2D eigenvalue weighted by molar-refractivity contribution is -0.141. The van der Waals surface area contributed by atoms with E-state index in [0.717, 1.165) is 38.2 Å². The lowest BCUT2D eigenvalue weighted by atomic mass is 10.0. The highest BCUT2D eigenvalue weighted by atomic mass is 19.4. The van der Waals surface area contributed by atoms with Crippen LogP contribution in [0.25, 0.3) is 5.70 Å². The fourth-order valence-electron chi connectivity index (χ4n) is 3.14. The van der Waals surface area contributed by atoms with Crippen molar-refractivity contribution >= 4 is 11.6 Å². The van der Waals surface area contributed by atoms with Crippen LogP contribution in [0.5, 0.6) is 0 Å². The molecule has 0 saturated carbocycles. The average Bonchev–Trinajstić information content (AvgIpc) is 2.85. The van der Waals surface area contributed by atoms with E-state index in [4.69, 9.17) is 0 Å². The Hall–Kier alpha value is -2.05. The fourth-order valence-corrected chi connectivity index (χ4v) is 3.14. The summed E-state index contributed by atoms with van der Waals surface area (Å²) < 4.78 is 40.6. The first-order valence-corrected chi connectivity index (χ1v) is 8.26. The van der Waals surface area contributed by atoms with Crippen LogP contribution in [-0.2, 0) is 17.4 Å². The molecule has 1 unspecified atom stereocenters. The summed E-state index contributed by atoms with van der Waals surface area (Å²) in [5, 5.41) is 6.68. The first-order valence-electron chi connectivity index (χ1n) is 8.26. The Labute approximate surface area is 138 Å². The van der Waals surface area contributed by atoms with E-state index in [9.17, 15) is 18.0 Å². The van der Waals surface area contributed by atoms with Crippen LogP contribution in [0.15, 0.2) is 24.3 Å². The highest BCUT2D eigenvalue weighted by Gasteiger charge is 2.35. The Bertz CT molecular complexity index is 673. The van der Waals surface area contributed by atoms with Crippen molar-refractivity contribution in [2.24, 2.45) is 0 Å². The summed E-state index contributed by atoms with van der Waals surface area (Å²) in [6, 6.07) is 0.949. The van der Waals surface area contributed by atoms with Crippen molar-refractivity contribution in [3.63, 3.8) is 0 Å². The van der Waals surface area contributed by atoms with Gasteiger partial charge in [-0.15, -0.1) is 0 Å². The van der Waals surface area contributed by atoms with Crippen LogP contribution in [0.4, 0.5) is 13.2 Å². The molecule has 1 aliphatic carbocycles. The van der Waals surface area contributed by atoms with Crippen molar-refractivity contribution in [3.05, 3.63) is 35.7 Å². The molecule has 4 nitrogen and oxygen atoms in total. The third-order valence-corrected chi connectivity index (χ3v) is 4.32. The van der Waals surface area contributed by atoms with E-state index < -0.39 is 11.9 Å². The molecule has 130 valence electrons. The van der Waals surface area contributed by atoms with Crippen molar-refractivity contribution in [2.75, 3.05) is 0 Å². The van der Waals surface area contributed by atoms with Gasteiger partial charge in [-0.1, -0.05) is 18.6 Å². The fraction of sp³-hybridized carbons (Fsp3) is 0.529. The molecule has 1 fully saturated rings. The summed E-state index contributed by atoms with van der Waals surface area (Å²) in [7, 11) is 0. The summed E-state index contributed by atoms with van der Waals surface area (Å²) in [6.45, 7) is 0. The van der Waals surface area contributed by atoms with E-state index in [0.29, 0.717) is 24.2 Å². The van der Waals surface area contributed by atoms with Gasteiger partial charge in [0.1, 0.15) is 0 Å². The molecule has 2 aliphatic rings. The zero-order valence-electron chi connectivity index (χ0n) is 13.3. The number of allylic oxidation sites excluding steroid dienone is 4. The maximum Gasteiger partial charge on any atom is 0.435 e. The second-order valence-corrected chi connectivity index (χ2v) is 6.25. The molecule has 2 heterocycles. The lowest BCUT2D eigenvalue weighted by Crippen LogP contribution is -2.35. The smallest absolute Gasteiger partial charge is 0.353 e. The molecule has 1 aromatic heterocycles. The quantitative estimate of drug-likeness (QED) is 0.913. The van der Waals surface area contributed by atoms with Crippen LogP contribution >= 0.6 is 0 Å². The molecule has 1 amide bonds. The van der Waals surface area contributed by atoms with Crippen LogP contribution in [0.1, 0.15) is 49.9 Å².